The quantitative estimate of drug-likeness (QED) is 0.249. The van der Waals surface area contributed by atoms with E-state index in [4.69, 9.17) is 9.47 Å². The van der Waals surface area contributed by atoms with Gasteiger partial charge in [-0.3, -0.25) is 20.4 Å². The lowest BCUT2D eigenvalue weighted by Crippen LogP contribution is -2.58. The molecule has 6 amide bonds. The molecule has 0 aliphatic heterocycles. The molecule has 0 aromatic heterocycles. The number of urea groups is 1. The number of hydrazine groups is 2. The fourth-order valence-corrected chi connectivity index (χ4v) is 3.08. The SMILES string of the molecule is CC(C)C[C@H](NC(=O)OCc1ccccc1)C(=O)NNC(=O)NNC(=O)[C@H](C)NC(=O)OCc1ccccc1. The van der Waals surface area contributed by atoms with E-state index in [-0.39, 0.29) is 25.6 Å². The Bertz CT molecular complexity index is 1100. The van der Waals surface area contributed by atoms with Crippen LogP contribution in [0.25, 0.3) is 0 Å². The van der Waals surface area contributed by atoms with Gasteiger partial charge in [0.15, 0.2) is 0 Å². The van der Waals surface area contributed by atoms with E-state index in [2.05, 4.69) is 26.9 Å². The molecule has 0 spiro atoms. The molecule has 0 aliphatic rings. The number of nitrogens with one attached hydrogen (secondary N) is 6. The third-order valence-corrected chi connectivity index (χ3v) is 5.07. The Kier molecular flexibility index (Phi) is 12.6. The molecule has 0 saturated heterocycles. The maximum Gasteiger partial charge on any atom is 0.408 e. The average molecular weight is 543 g/mol. The highest BCUT2D eigenvalue weighted by Gasteiger charge is 2.23. The Balaban J connectivity index is 1.71. The van der Waals surface area contributed by atoms with Crippen LogP contribution in [0.1, 0.15) is 38.3 Å². The first kappa shape index (κ1) is 30.4. The molecular formula is C26H34N6O7. The Morgan fingerprint density at radius 1 is 0.641 bits per heavy atom. The zero-order valence-corrected chi connectivity index (χ0v) is 22.0. The molecule has 2 aromatic rings. The minimum Gasteiger partial charge on any atom is -0.445 e. The largest absolute Gasteiger partial charge is 0.445 e. The smallest absolute Gasteiger partial charge is 0.408 e. The molecule has 13 heteroatoms. The Labute approximate surface area is 226 Å². The number of carbonyl (C=O) groups excluding carboxylic acids is 5. The highest BCUT2D eigenvalue weighted by atomic mass is 16.6. The summed E-state index contributed by atoms with van der Waals surface area (Å²) in [7, 11) is 0. The molecule has 0 aliphatic carbocycles. The molecule has 0 saturated carbocycles. The third kappa shape index (κ3) is 12.3. The molecule has 0 radical (unpaired) electrons. The molecule has 0 fully saturated rings. The Morgan fingerprint density at radius 2 is 1.10 bits per heavy atom. The van der Waals surface area contributed by atoms with Crippen LogP contribution < -0.4 is 32.3 Å². The molecule has 210 valence electrons. The van der Waals surface area contributed by atoms with Crippen LogP contribution in [-0.2, 0) is 32.3 Å². The van der Waals surface area contributed by atoms with Gasteiger partial charge in [0.1, 0.15) is 25.3 Å². The lowest BCUT2D eigenvalue weighted by molar-refractivity contribution is -0.124. The monoisotopic (exact) mass is 542 g/mol. The molecule has 39 heavy (non-hydrogen) atoms. The summed E-state index contributed by atoms with van der Waals surface area (Å²) in [5, 5.41) is 4.81. The van der Waals surface area contributed by atoms with Crippen LogP contribution in [0.3, 0.4) is 0 Å². The van der Waals surface area contributed by atoms with Crippen molar-refractivity contribution in [2.45, 2.75) is 52.5 Å². The summed E-state index contributed by atoms with van der Waals surface area (Å²) in [6.07, 6.45) is -1.33. The Hall–Kier alpha value is -4.81. The van der Waals surface area contributed by atoms with Crippen molar-refractivity contribution >= 4 is 30.0 Å². The van der Waals surface area contributed by atoms with E-state index >= 15 is 0 Å². The molecule has 2 atom stereocenters. The topological polar surface area (TPSA) is 176 Å². The van der Waals surface area contributed by atoms with E-state index in [1.165, 1.54) is 6.92 Å². The fraction of sp³-hybridized carbons (Fsp3) is 0.346. The summed E-state index contributed by atoms with van der Waals surface area (Å²) in [5.74, 6) is -1.40. The first-order valence-electron chi connectivity index (χ1n) is 12.2. The summed E-state index contributed by atoms with van der Waals surface area (Å²) >= 11 is 0. The molecule has 13 nitrogen and oxygen atoms in total. The fourth-order valence-electron chi connectivity index (χ4n) is 3.08. The van der Waals surface area contributed by atoms with Crippen LogP contribution >= 0.6 is 0 Å². The van der Waals surface area contributed by atoms with E-state index in [1.807, 2.05) is 43.5 Å². The molecule has 0 bridgehead atoms. The lowest BCUT2D eigenvalue weighted by Gasteiger charge is -2.20. The standard InChI is InChI=1S/C26H34N6O7/c1-17(2)14-21(28-26(37)39-16-20-12-8-5-9-13-20)23(34)30-32-24(35)31-29-22(33)18(3)27-25(36)38-15-19-10-6-4-7-11-19/h4-13,17-18,21H,14-16H2,1-3H3,(H,27,36)(H,28,37)(H,29,33)(H,30,34)(H2,31,32,35)/t18-,21-/m0/s1. The van der Waals surface area contributed by atoms with Crippen molar-refractivity contribution < 1.29 is 33.4 Å². The number of rotatable bonds is 10. The van der Waals surface area contributed by atoms with Gasteiger partial charge in [-0.25, -0.2) is 25.2 Å². The van der Waals surface area contributed by atoms with Crippen molar-refractivity contribution in [3.63, 3.8) is 0 Å². The van der Waals surface area contributed by atoms with E-state index < -0.39 is 42.1 Å². The number of carbonyl (C=O) groups is 5. The number of alkyl carbamates (subject to hydrolysis) is 2. The van der Waals surface area contributed by atoms with Crippen molar-refractivity contribution in [1.82, 2.24) is 32.3 Å². The van der Waals surface area contributed by atoms with Crippen LogP contribution in [0.2, 0.25) is 0 Å². The van der Waals surface area contributed by atoms with Crippen molar-refractivity contribution in [2.24, 2.45) is 5.92 Å². The summed E-state index contributed by atoms with van der Waals surface area (Å²) in [6, 6.07) is 15.0. The maximum absolute atomic E-state index is 12.6. The molecule has 6 N–H and O–H groups in total. The van der Waals surface area contributed by atoms with Gasteiger partial charge < -0.3 is 20.1 Å². The van der Waals surface area contributed by atoms with E-state index in [0.717, 1.165) is 11.1 Å². The highest BCUT2D eigenvalue weighted by molar-refractivity contribution is 5.89. The number of amides is 6. The summed E-state index contributed by atoms with van der Waals surface area (Å²) in [6.45, 7) is 5.17. The first-order chi connectivity index (χ1) is 18.6. The summed E-state index contributed by atoms with van der Waals surface area (Å²) in [5.41, 5.74) is 9.95. The van der Waals surface area contributed by atoms with Gasteiger partial charge >= 0.3 is 18.2 Å². The Morgan fingerprint density at radius 3 is 1.59 bits per heavy atom. The summed E-state index contributed by atoms with van der Waals surface area (Å²) in [4.78, 5) is 60.8. The van der Waals surface area contributed by atoms with Gasteiger partial charge in [-0.05, 0) is 30.4 Å². The molecule has 0 unspecified atom stereocenters. The number of benzene rings is 2. The van der Waals surface area contributed by atoms with Crippen LogP contribution in [0.4, 0.5) is 14.4 Å². The van der Waals surface area contributed by atoms with Gasteiger partial charge in [0.05, 0.1) is 0 Å². The first-order valence-corrected chi connectivity index (χ1v) is 12.2. The van der Waals surface area contributed by atoms with Gasteiger partial charge in [0.2, 0.25) is 0 Å². The third-order valence-electron chi connectivity index (χ3n) is 5.07. The van der Waals surface area contributed by atoms with Gasteiger partial charge in [-0.15, -0.1) is 0 Å². The van der Waals surface area contributed by atoms with E-state index in [0.29, 0.717) is 0 Å². The van der Waals surface area contributed by atoms with Crippen LogP contribution in [0, 0.1) is 5.92 Å². The maximum atomic E-state index is 12.6. The minimum atomic E-state index is -1.04. The minimum absolute atomic E-state index is 0.0266. The van der Waals surface area contributed by atoms with Crippen molar-refractivity contribution in [2.75, 3.05) is 0 Å². The van der Waals surface area contributed by atoms with E-state index in [1.54, 1.807) is 36.4 Å². The van der Waals surface area contributed by atoms with Crippen LogP contribution in [0.5, 0.6) is 0 Å². The number of ether oxygens (including phenoxy) is 2. The van der Waals surface area contributed by atoms with Crippen molar-refractivity contribution in [3.05, 3.63) is 71.8 Å². The van der Waals surface area contributed by atoms with Crippen LogP contribution in [0.15, 0.2) is 60.7 Å². The normalized spacial score (nSPS) is 11.8. The van der Waals surface area contributed by atoms with Gasteiger partial charge in [-0.2, -0.15) is 0 Å². The molecule has 2 aromatic carbocycles. The zero-order valence-electron chi connectivity index (χ0n) is 22.0. The molecule has 2 rings (SSSR count). The zero-order chi connectivity index (χ0) is 28.6. The van der Waals surface area contributed by atoms with Gasteiger partial charge in [0.25, 0.3) is 11.8 Å². The van der Waals surface area contributed by atoms with E-state index in [9.17, 15) is 24.0 Å². The number of hydrogen-bond donors (Lipinski definition) is 6. The lowest BCUT2D eigenvalue weighted by atomic mass is 10.0. The summed E-state index contributed by atoms with van der Waals surface area (Å²) < 4.78 is 10.2. The molecule has 0 heterocycles. The van der Waals surface area contributed by atoms with Crippen molar-refractivity contribution in [3.8, 4) is 0 Å². The second kappa shape index (κ2) is 16.1. The van der Waals surface area contributed by atoms with Gasteiger partial charge in [-0.1, -0.05) is 74.5 Å². The second-order valence-electron chi connectivity index (χ2n) is 8.87. The predicted octanol–water partition coefficient (Wildman–Crippen LogP) is 2.00. The second-order valence-corrected chi connectivity index (χ2v) is 8.87. The predicted molar refractivity (Wildman–Crippen MR) is 140 cm³/mol. The van der Waals surface area contributed by atoms with Crippen molar-refractivity contribution in [1.29, 1.82) is 0 Å². The average Bonchev–Trinajstić information content (AvgIpc) is 2.92. The number of hydrogen-bond acceptors (Lipinski definition) is 7. The highest BCUT2D eigenvalue weighted by Crippen LogP contribution is 2.06. The van der Waals surface area contributed by atoms with Gasteiger partial charge in [0, 0.05) is 0 Å². The molecular weight excluding hydrogens is 508 g/mol. The van der Waals surface area contributed by atoms with Crippen LogP contribution in [-0.4, -0.2) is 42.1 Å².